The molecule has 0 saturated carbocycles. The molecule has 112 valence electrons. The number of rotatable bonds is 5. The van der Waals surface area contributed by atoms with Gasteiger partial charge in [0.05, 0.1) is 6.61 Å². The van der Waals surface area contributed by atoms with E-state index < -0.39 is 0 Å². The SMILES string of the molecule is O=C(C[n+]1cn(CCO)c2ccccc21)Nc1ccccc1. The van der Waals surface area contributed by atoms with Crippen LogP contribution in [-0.2, 0) is 17.9 Å². The van der Waals surface area contributed by atoms with E-state index in [-0.39, 0.29) is 19.1 Å². The number of fused-ring (bicyclic) bond motifs is 1. The van der Waals surface area contributed by atoms with Crippen molar-refractivity contribution < 1.29 is 14.5 Å². The van der Waals surface area contributed by atoms with Gasteiger partial charge in [0.1, 0.15) is 6.54 Å². The van der Waals surface area contributed by atoms with E-state index >= 15 is 0 Å². The molecule has 5 heteroatoms. The van der Waals surface area contributed by atoms with Crippen LogP contribution < -0.4 is 9.88 Å². The number of nitrogens with one attached hydrogen (secondary N) is 1. The fraction of sp³-hybridized carbons (Fsp3) is 0.176. The lowest BCUT2D eigenvalue weighted by molar-refractivity contribution is -0.658. The van der Waals surface area contributed by atoms with Gasteiger partial charge in [-0.1, -0.05) is 30.3 Å². The first-order valence-corrected chi connectivity index (χ1v) is 7.21. The Morgan fingerprint density at radius 2 is 1.82 bits per heavy atom. The zero-order valence-electron chi connectivity index (χ0n) is 12.1. The summed E-state index contributed by atoms with van der Waals surface area (Å²) in [5, 5.41) is 12.0. The number of carbonyl (C=O) groups excluding carboxylic acids is 1. The number of aromatic nitrogens is 2. The van der Waals surface area contributed by atoms with E-state index in [1.165, 1.54) is 0 Å². The first kappa shape index (κ1) is 14.3. The smallest absolute Gasteiger partial charge is 0.266 e. The molecule has 0 aliphatic carbocycles. The fourth-order valence-corrected chi connectivity index (χ4v) is 2.53. The van der Waals surface area contributed by atoms with Crippen LogP contribution in [0.15, 0.2) is 60.9 Å². The Bertz CT molecular complexity index is 781. The van der Waals surface area contributed by atoms with Gasteiger partial charge in [-0.2, -0.15) is 0 Å². The quantitative estimate of drug-likeness (QED) is 0.702. The van der Waals surface area contributed by atoms with Gasteiger partial charge in [-0.3, -0.25) is 4.79 Å². The molecule has 2 aromatic carbocycles. The van der Waals surface area contributed by atoms with Crippen LogP contribution in [-0.4, -0.2) is 22.2 Å². The van der Waals surface area contributed by atoms with Crippen LogP contribution in [0.25, 0.3) is 11.0 Å². The summed E-state index contributed by atoms with van der Waals surface area (Å²) in [7, 11) is 0. The molecule has 1 heterocycles. The molecule has 22 heavy (non-hydrogen) atoms. The summed E-state index contributed by atoms with van der Waals surface area (Å²) < 4.78 is 3.84. The summed E-state index contributed by atoms with van der Waals surface area (Å²) in [4.78, 5) is 12.2. The van der Waals surface area contributed by atoms with Crippen LogP contribution >= 0.6 is 0 Å². The Morgan fingerprint density at radius 3 is 2.59 bits per heavy atom. The topological polar surface area (TPSA) is 58.1 Å². The third kappa shape index (κ3) is 2.99. The maximum atomic E-state index is 12.2. The van der Waals surface area contributed by atoms with Gasteiger partial charge >= 0.3 is 0 Å². The molecule has 0 unspecified atom stereocenters. The molecular formula is C17H18N3O2+. The third-order valence-electron chi connectivity index (χ3n) is 3.49. The molecule has 1 amide bonds. The molecule has 0 saturated heterocycles. The predicted molar refractivity (Wildman–Crippen MR) is 84.3 cm³/mol. The summed E-state index contributed by atoms with van der Waals surface area (Å²) in [5.74, 6) is -0.0805. The van der Waals surface area contributed by atoms with Crippen molar-refractivity contribution in [3.8, 4) is 0 Å². The molecule has 0 aliphatic rings. The highest BCUT2D eigenvalue weighted by Gasteiger charge is 2.17. The number of nitrogens with zero attached hydrogens (tertiary/aromatic N) is 2. The second kappa shape index (κ2) is 6.41. The molecule has 0 fully saturated rings. The van der Waals surface area contributed by atoms with Crippen molar-refractivity contribution in [1.82, 2.24) is 4.57 Å². The van der Waals surface area contributed by atoms with E-state index in [9.17, 15) is 4.79 Å². The average Bonchev–Trinajstić information content (AvgIpc) is 2.87. The Kier molecular flexibility index (Phi) is 4.16. The minimum absolute atomic E-state index is 0.0644. The van der Waals surface area contributed by atoms with Gasteiger partial charge in [0.25, 0.3) is 5.91 Å². The number of aliphatic hydroxyl groups excluding tert-OH is 1. The molecule has 5 nitrogen and oxygen atoms in total. The predicted octanol–water partition coefficient (Wildman–Crippen LogP) is 1.56. The monoisotopic (exact) mass is 296 g/mol. The highest BCUT2D eigenvalue weighted by atomic mass is 16.3. The van der Waals surface area contributed by atoms with E-state index in [0.717, 1.165) is 16.7 Å². The number of hydrogen-bond acceptors (Lipinski definition) is 2. The van der Waals surface area contributed by atoms with Gasteiger partial charge in [-0.05, 0) is 24.3 Å². The molecule has 3 rings (SSSR count). The number of amides is 1. The van der Waals surface area contributed by atoms with Gasteiger partial charge in [0, 0.05) is 5.69 Å². The highest BCUT2D eigenvalue weighted by Crippen LogP contribution is 2.11. The van der Waals surface area contributed by atoms with E-state index in [0.29, 0.717) is 6.54 Å². The molecule has 1 aromatic heterocycles. The van der Waals surface area contributed by atoms with Crippen LogP contribution in [0.3, 0.4) is 0 Å². The highest BCUT2D eigenvalue weighted by molar-refractivity contribution is 5.89. The number of benzene rings is 2. The number of para-hydroxylation sites is 3. The standard InChI is InChI=1S/C17H17N3O2/c21-11-10-19-13-20(16-9-5-4-8-15(16)19)12-17(22)18-14-6-2-1-3-7-14/h1-9,13,21H,10-12H2/p+1. The second-order valence-corrected chi connectivity index (χ2v) is 5.06. The van der Waals surface area contributed by atoms with E-state index in [1.54, 1.807) is 0 Å². The lowest BCUT2D eigenvalue weighted by Crippen LogP contribution is -2.39. The molecule has 0 atom stereocenters. The maximum absolute atomic E-state index is 12.2. The number of aliphatic hydroxyl groups is 1. The molecule has 3 aromatic rings. The van der Waals surface area contributed by atoms with Gasteiger partial charge in [0.15, 0.2) is 17.6 Å². The molecule has 2 N–H and O–H groups in total. The van der Waals surface area contributed by atoms with Gasteiger partial charge in [-0.15, -0.1) is 0 Å². The Morgan fingerprint density at radius 1 is 1.09 bits per heavy atom. The van der Waals surface area contributed by atoms with Crippen molar-refractivity contribution in [3.05, 3.63) is 60.9 Å². The Hall–Kier alpha value is -2.66. The van der Waals surface area contributed by atoms with Gasteiger partial charge < -0.3 is 10.4 Å². The minimum atomic E-state index is -0.0805. The Balaban J connectivity index is 1.83. The van der Waals surface area contributed by atoms with Crippen molar-refractivity contribution >= 4 is 22.6 Å². The van der Waals surface area contributed by atoms with E-state index in [2.05, 4.69) is 5.32 Å². The van der Waals surface area contributed by atoms with Crippen LogP contribution in [0, 0.1) is 0 Å². The van der Waals surface area contributed by atoms with Crippen LogP contribution in [0.5, 0.6) is 0 Å². The number of anilines is 1. The van der Waals surface area contributed by atoms with Gasteiger partial charge in [-0.25, -0.2) is 9.13 Å². The van der Waals surface area contributed by atoms with Crippen molar-refractivity contribution in [2.45, 2.75) is 13.1 Å². The molecule has 0 spiro atoms. The Labute approximate surface area is 128 Å². The molecular weight excluding hydrogens is 278 g/mol. The zero-order valence-corrected chi connectivity index (χ0v) is 12.1. The first-order chi connectivity index (χ1) is 10.8. The fourth-order valence-electron chi connectivity index (χ4n) is 2.53. The van der Waals surface area contributed by atoms with E-state index in [1.807, 2.05) is 70.1 Å². The second-order valence-electron chi connectivity index (χ2n) is 5.06. The van der Waals surface area contributed by atoms with Crippen LogP contribution in [0.2, 0.25) is 0 Å². The third-order valence-corrected chi connectivity index (χ3v) is 3.49. The number of imidazole rings is 1. The largest absolute Gasteiger partial charge is 0.392 e. The summed E-state index contributed by atoms with van der Waals surface area (Å²) in [5.41, 5.74) is 2.76. The van der Waals surface area contributed by atoms with Crippen molar-refractivity contribution in [2.24, 2.45) is 0 Å². The van der Waals surface area contributed by atoms with Crippen LogP contribution in [0.1, 0.15) is 0 Å². The number of hydrogen-bond donors (Lipinski definition) is 2. The lowest BCUT2D eigenvalue weighted by Gasteiger charge is -2.03. The van der Waals surface area contributed by atoms with E-state index in [4.69, 9.17) is 5.11 Å². The summed E-state index contributed by atoms with van der Waals surface area (Å²) in [6, 6.07) is 17.2. The van der Waals surface area contributed by atoms with Crippen LogP contribution in [0.4, 0.5) is 5.69 Å². The molecule has 0 bridgehead atoms. The summed E-state index contributed by atoms with van der Waals surface area (Å²) in [6.45, 7) is 0.802. The number of carbonyl (C=O) groups is 1. The van der Waals surface area contributed by atoms with Crippen molar-refractivity contribution in [3.63, 3.8) is 0 Å². The van der Waals surface area contributed by atoms with Crippen molar-refractivity contribution in [2.75, 3.05) is 11.9 Å². The minimum Gasteiger partial charge on any atom is -0.392 e. The zero-order chi connectivity index (χ0) is 15.4. The first-order valence-electron chi connectivity index (χ1n) is 7.21. The summed E-state index contributed by atoms with van der Waals surface area (Å²) >= 11 is 0. The molecule has 0 aliphatic heterocycles. The average molecular weight is 296 g/mol. The van der Waals surface area contributed by atoms with Gasteiger partial charge in [0.2, 0.25) is 6.33 Å². The lowest BCUT2D eigenvalue weighted by atomic mass is 10.3. The maximum Gasteiger partial charge on any atom is 0.266 e. The molecule has 0 radical (unpaired) electrons. The normalized spacial score (nSPS) is 10.8. The summed E-state index contributed by atoms with van der Waals surface area (Å²) in [6.07, 6.45) is 1.87. The van der Waals surface area contributed by atoms with Crippen molar-refractivity contribution in [1.29, 1.82) is 0 Å².